The molecule has 0 atom stereocenters. The second-order valence-electron chi connectivity index (χ2n) is 4.00. The second kappa shape index (κ2) is 5.90. The highest BCUT2D eigenvalue weighted by Gasteiger charge is 2.22. The summed E-state index contributed by atoms with van der Waals surface area (Å²) < 4.78 is 0. The van der Waals surface area contributed by atoms with Crippen molar-refractivity contribution < 1.29 is 4.79 Å². The van der Waals surface area contributed by atoms with Crippen molar-refractivity contribution in [3.63, 3.8) is 0 Å². The molecule has 2 heterocycles. The van der Waals surface area contributed by atoms with Crippen LogP contribution in [0.15, 0.2) is 41.2 Å². The number of amides is 1. The van der Waals surface area contributed by atoms with Gasteiger partial charge in [0.05, 0.1) is 23.8 Å². The summed E-state index contributed by atoms with van der Waals surface area (Å²) in [7, 11) is 0. The smallest absolute Gasteiger partial charge is 0.227 e. The molecule has 1 aliphatic heterocycles. The molecule has 1 aromatic rings. The van der Waals surface area contributed by atoms with Gasteiger partial charge in [-0.3, -0.25) is 9.78 Å². The van der Waals surface area contributed by atoms with Crippen LogP contribution in [0.25, 0.3) is 0 Å². The number of carbonyl (C=O) groups is 1. The molecule has 0 radical (unpaired) electrons. The fourth-order valence-electron chi connectivity index (χ4n) is 1.89. The van der Waals surface area contributed by atoms with Crippen molar-refractivity contribution in [2.24, 2.45) is 9.98 Å². The normalized spacial score (nSPS) is 15.5. The van der Waals surface area contributed by atoms with Gasteiger partial charge >= 0.3 is 0 Å². The molecule has 0 saturated carbocycles. The number of hydrogen-bond donors (Lipinski definition) is 1. The lowest BCUT2D eigenvalue weighted by molar-refractivity contribution is -0.117. The van der Waals surface area contributed by atoms with Crippen LogP contribution in [0.2, 0.25) is 0 Å². The van der Waals surface area contributed by atoms with Gasteiger partial charge in [0.25, 0.3) is 0 Å². The molecule has 0 bridgehead atoms. The van der Waals surface area contributed by atoms with E-state index in [-0.39, 0.29) is 5.91 Å². The highest BCUT2D eigenvalue weighted by molar-refractivity contribution is 5.98. The number of rotatable bonds is 3. The first-order valence-electron chi connectivity index (χ1n) is 5.92. The summed E-state index contributed by atoms with van der Waals surface area (Å²) in [4.78, 5) is 25.2. The quantitative estimate of drug-likeness (QED) is 0.663. The van der Waals surface area contributed by atoms with E-state index in [0.717, 1.165) is 18.7 Å². The summed E-state index contributed by atoms with van der Waals surface area (Å²) in [6.07, 6.45) is 6.15. The number of nitrogens with one attached hydrogen (secondary N) is 1. The van der Waals surface area contributed by atoms with E-state index < -0.39 is 0 Å². The third-order valence-electron chi connectivity index (χ3n) is 2.73. The van der Waals surface area contributed by atoms with Crippen molar-refractivity contribution in [2.45, 2.75) is 12.8 Å². The minimum absolute atomic E-state index is 0.126. The molecular formula is C13H15N5O. The van der Waals surface area contributed by atoms with Crippen LogP contribution in [-0.2, 0) is 4.79 Å². The Hall–Kier alpha value is -2.50. The Labute approximate surface area is 111 Å². The maximum absolute atomic E-state index is 11.7. The van der Waals surface area contributed by atoms with E-state index in [1.54, 1.807) is 17.3 Å². The minimum Gasteiger partial charge on any atom is -0.323 e. The average Bonchev–Trinajstić information content (AvgIpc) is 2.85. The number of carbonyl (C=O) groups excluding carboxylic acids is 1. The third kappa shape index (κ3) is 3.04. The number of aliphatic imine (C=N–C) groups is 2. The van der Waals surface area contributed by atoms with E-state index in [1.165, 1.54) is 6.20 Å². The van der Waals surface area contributed by atoms with Gasteiger partial charge in [0.2, 0.25) is 11.9 Å². The number of nitrogens with zero attached hydrogens (tertiary/aromatic N) is 4. The summed E-state index contributed by atoms with van der Waals surface area (Å²) in [5.41, 5.74) is 1.47. The van der Waals surface area contributed by atoms with Gasteiger partial charge in [-0.05, 0) is 19.2 Å². The first kappa shape index (κ1) is 12.9. The minimum atomic E-state index is 0.126. The van der Waals surface area contributed by atoms with Crippen molar-refractivity contribution in [3.05, 3.63) is 31.2 Å². The van der Waals surface area contributed by atoms with Crippen LogP contribution >= 0.6 is 0 Å². The van der Waals surface area contributed by atoms with Gasteiger partial charge in [0.1, 0.15) is 0 Å². The van der Waals surface area contributed by atoms with E-state index in [4.69, 9.17) is 0 Å². The van der Waals surface area contributed by atoms with Gasteiger partial charge in [-0.1, -0.05) is 6.58 Å². The van der Waals surface area contributed by atoms with E-state index in [1.807, 2.05) is 6.07 Å². The maximum Gasteiger partial charge on any atom is 0.227 e. The lowest BCUT2D eigenvalue weighted by atomic mass is 10.3. The van der Waals surface area contributed by atoms with Crippen LogP contribution in [-0.4, -0.2) is 30.1 Å². The molecule has 2 rings (SSSR count). The van der Waals surface area contributed by atoms with Crippen LogP contribution in [0.4, 0.5) is 11.4 Å². The van der Waals surface area contributed by atoms with Crippen molar-refractivity contribution in [1.82, 2.24) is 4.98 Å². The number of guanidine groups is 1. The standard InChI is InChI=1S/C13H15N5O/c1-3-16-13(14-2)17-10-7-11(9-15-8-10)18-6-4-5-12(18)19/h3,7-9H,1-2,4-6H2,(H,16,17). The van der Waals surface area contributed by atoms with Gasteiger partial charge in [-0.15, -0.1) is 0 Å². The molecule has 1 aliphatic rings. The first-order valence-corrected chi connectivity index (χ1v) is 5.92. The summed E-state index contributed by atoms with van der Waals surface area (Å²) >= 11 is 0. The summed E-state index contributed by atoms with van der Waals surface area (Å²) in [6, 6.07) is 1.83. The predicted molar refractivity (Wildman–Crippen MR) is 76.6 cm³/mol. The highest BCUT2D eigenvalue weighted by atomic mass is 16.2. The van der Waals surface area contributed by atoms with Crippen LogP contribution in [0.3, 0.4) is 0 Å². The monoisotopic (exact) mass is 257 g/mol. The number of anilines is 2. The second-order valence-corrected chi connectivity index (χ2v) is 4.00. The molecule has 1 amide bonds. The van der Waals surface area contributed by atoms with Gasteiger partial charge < -0.3 is 10.2 Å². The van der Waals surface area contributed by atoms with Crippen molar-refractivity contribution >= 4 is 30.0 Å². The van der Waals surface area contributed by atoms with Gasteiger partial charge in [0, 0.05) is 19.2 Å². The molecule has 0 unspecified atom stereocenters. The molecule has 98 valence electrons. The zero-order chi connectivity index (χ0) is 13.7. The molecule has 1 fully saturated rings. The highest BCUT2D eigenvalue weighted by Crippen LogP contribution is 2.23. The lowest BCUT2D eigenvalue weighted by Crippen LogP contribution is -2.24. The third-order valence-corrected chi connectivity index (χ3v) is 2.73. The molecule has 19 heavy (non-hydrogen) atoms. The largest absolute Gasteiger partial charge is 0.323 e. The Balaban J connectivity index is 2.19. The lowest BCUT2D eigenvalue weighted by Gasteiger charge is -2.16. The zero-order valence-electron chi connectivity index (χ0n) is 10.5. The van der Waals surface area contributed by atoms with Crippen LogP contribution in [0, 0.1) is 0 Å². The number of hydrogen-bond acceptors (Lipinski definition) is 3. The van der Waals surface area contributed by atoms with E-state index in [2.05, 4.69) is 33.6 Å². The predicted octanol–water partition coefficient (Wildman–Crippen LogP) is 1.82. The SMILES string of the molecule is C=CN=C(N=C)Nc1cncc(N2CCCC2=O)c1. The van der Waals surface area contributed by atoms with Crippen LogP contribution in [0.1, 0.15) is 12.8 Å². The summed E-state index contributed by atoms with van der Waals surface area (Å²) in [6.45, 7) is 7.64. The van der Waals surface area contributed by atoms with Crippen LogP contribution < -0.4 is 10.2 Å². The van der Waals surface area contributed by atoms with Crippen LogP contribution in [0.5, 0.6) is 0 Å². The number of pyridine rings is 1. The molecule has 1 saturated heterocycles. The molecule has 6 nitrogen and oxygen atoms in total. The van der Waals surface area contributed by atoms with Gasteiger partial charge in [0.15, 0.2) is 0 Å². The van der Waals surface area contributed by atoms with E-state index >= 15 is 0 Å². The zero-order valence-corrected chi connectivity index (χ0v) is 10.5. The molecule has 0 spiro atoms. The van der Waals surface area contributed by atoms with Crippen molar-refractivity contribution in [2.75, 3.05) is 16.8 Å². The summed E-state index contributed by atoms with van der Waals surface area (Å²) in [5, 5.41) is 2.96. The molecule has 0 aliphatic carbocycles. The molecule has 1 N–H and O–H groups in total. The Morgan fingerprint density at radius 3 is 3.00 bits per heavy atom. The molecule has 0 aromatic carbocycles. The van der Waals surface area contributed by atoms with E-state index in [9.17, 15) is 4.79 Å². The Kier molecular flexibility index (Phi) is 4.02. The Morgan fingerprint density at radius 1 is 1.53 bits per heavy atom. The average molecular weight is 257 g/mol. The van der Waals surface area contributed by atoms with Gasteiger partial charge in [-0.25, -0.2) is 9.98 Å². The first-order chi connectivity index (χ1) is 9.24. The van der Waals surface area contributed by atoms with E-state index in [0.29, 0.717) is 18.1 Å². The Bertz CT molecular complexity index is 538. The number of aromatic nitrogens is 1. The Morgan fingerprint density at radius 2 is 2.37 bits per heavy atom. The molecule has 1 aromatic heterocycles. The summed E-state index contributed by atoms with van der Waals surface area (Å²) in [5.74, 6) is 0.461. The van der Waals surface area contributed by atoms with Crippen molar-refractivity contribution in [1.29, 1.82) is 0 Å². The topological polar surface area (TPSA) is 70.0 Å². The maximum atomic E-state index is 11.7. The van der Waals surface area contributed by atoms with Gasteiger partial charge in [-0.2, -0.15) is 0 Å². The molecular weight excluding hydrogens is 242 g/mol. The van der Waals surface area contributed by atoms with Crippen molar-refractivity contribution in [3.8, 4) is 0 Å². The molecule has 6 heteroatoms. The fraction of sp³-hybridized carbons (Fsp3) is 0.231. The fourth-order valence-corrected chi connectivity index (χ4v) is 1.89.